The Balaban J connectivity index is 2.07. The maximum absolute atomic E-state index is 5.84. The van der Waals surface area contributed by atoms with Crippen molar-refractivity contribution in [1.29, 1.82) is 0 Å². The molecule has 1 heterocycles. The van der Waals surface area contributed by atoms with E-state index in [0.717, 1.165) is 10.9 Å². The third-order valence-corrected chi connectivity index (χ3v) is 2.90. The molecule has 0 radical (unpaired) electrons. The van der Waals surface area contributed by atoms with Crippen molar-refractivity contribution >= 4 is 16.6 Å². The molecule has 0 saturated carbocycles. The van der Waals surface area contributed by atoms with Gasteiger partial charge in [-0.05, 0) is 30.3 Å². The standard InChI is InChI=1S/C15H13N3O2/c1-19-13-4-2-3-5-14(13)20-15-11-7-6-10(16)8-12(11)17-9-18-15/h2-9H,16H2,1H3. The monoisotopic (exact) mass is 267 g/mol. The number of nitrogens with zero attached hydrogens (tertiary/aromatic N) is 2. The van der Waals surface area contributed by atoms with E-state index in [9.17, 15) is 0 Å². The Hall–Kier alpha value is -2.82. The Bertz CT molecular complexity index is 759. The van der Waals surface area contributed by atoms with Crippen LogP contribution in [0.2, 0.25) is 0 Å². The predicted molar refractivity (Wildman–Crippen MR) is 77.0 cm³/mol. The Labute approximate surface area is 116 Å². The topological polar surface area (TPSA) is 70.3 Å². The minimum absolute atomic E-state index is 0.472. The Morgan fingerprint density at radius 2 is 1.80 bits per heavy atom. The second kappa shape index (κ2) is 5.05. The van der Waals surface area contributed by atoms with E-state index in [1.54, 1.807) is 19.2 Å². The van der Waals surface area contributed by atoms with Gasteiger partial charge in [-0.15, -0.1) is 0 Å². The van der Waals surface area contributed by atoms with Crippen molar-refractivity contribution < 1.29 is 9.47 Å². The SMILES string of the molecule is COc1ccccc1Oc1ncnc2cc(N)ccc12. The van der Waals surface area contributed by atoms with Crippen LogP contribution < -0.4 is 15.2 Å². The van der Waals surface area contributed by atoms with Gasteiger partial charge in [-0.25, -0.2) is 9.97 Å². The van der Waals surface area contributed by atoms with Gasteiger partial charge in [0.05, 0.1) is 18.0 Å². The van der Waals surface area contributed by atoms with Crippen molar-refractivity contribution in [3.63, 3.8) is 0 Å². The number of fused-ring (bicyclic) bond motifs is 1. The number of ether oxygens (including phenoxy) is 2. The summed E-state index contributed by atoms with van der Waals surface area (Å²) in [5, 5.41) is 0.799. The van der Waals surface area contributed by atoms with Crippen molar-refractivity contribution in [2.24, 2.45) is 0 Å². The van der Waals surface area contributed by atoms with Crippen LogP contribution in [0, 0.1) is 0 Å². The second-order valence-corrected chi connectivity index (χ2v) is 4.21. The van der Waals surface area contributed by atoms with Crippen LogP contribution in [0.3, 0.4) is 0 Å². The molecule has 0 aliphatic heterocycles. The number of nitrogens with two attached hydrogens (primary N) is 1. The summed E-state index contributed by atoms with van der Waals surface area (Å²) < 4.78 is 11.1. The summed E-state index contributed by atoms with van der Waals surface area (Å²) in [4.78, 5) is 8.36. The summed E-state index contributed by atoms with van der Waals surface area (Å²) in [6.45, 7) is 0. The molecular formula is C15H13N3O2. The number of aromatic nitrogens is 2. The summed E-state index contributed by atoms with van der Waals surface area (Å²) in [6, 6.07) is 12.8. The summed E-state index contributed by atoms with van der Waals surface area (Å²) in [6.07, 6.45) is 1.45. The fraction of sp³-hybridized carbons (Fsp3) is 0.0667. The number of anilines is 1. The van der Waals surface area contributed by atoms with E-state index in [2.05, 4.69) is 9.97 Å². The minimum Gasteiger partial charge on any atom is -0.493 e. The van der Waals surface area contributed by atoms with Gasteiger partial charge in [0.15, 0.2) is 11.5 Å². The van der Waals surface area contributed by atoms with Gasteiger partial charge in [-0.1, -0.05) is 12.1 Å². The summed E-state index contributed by atoms with van der Waals surface area (Å²) in [5.41, 5.74) is 7.14. The minimum atomic E-state index is 0.472. The van der Waals surface area contributed by atoms with Crippen LogP contribution in [0.15, 0.2) is 48.8 Å². The van der Waals surface area contributed by atoms with Crippen LogP contribution in [-0.2, 0) is 0 Å². The molecule has 0 fully saturated rings. The Morgan fingerprint density at radius 3 is 2.60 bits per heavy atom. The lowest BCUT2D eigenvalue weighted by atomic mass is 10.2. The molecule has 0 bridgehead atoms. The van der Waals surface area contributed by atoms with Gasteiger partial charge < -0.3 is 15.2 Å². The summed E-state index contributed by atoms with van der Waals surface area (Å²) in [7, 11) is 1.60. The van der Waals surface area contributed by atoms with E-state index < -0.39 is 0 Å². The summed E-state index contributed by atoms with van der Waals surface area (Å²) >= 11 is 0. The number of benzene rings is 2. The molecule has 2 N–H and O–H groups in total. The number of hydrogen-bond donors (Lipinski definition) is 1. The van der Waals surface area contributed by atoms with Gasteiger partial charge in [0.25, 0.3) is 0 Å². The first-order valence-corrected chi connectivity index (χ1v) is 6.09. The van der Waals surface area contributed by atoms with E-state index in [-0.39, 0.29) is 0 Å². The van der Waals surface area contributed by atoms with Gasteiger partial charge in [0.2, 0.25) is 5.88 Å². The number of rotatable bonds is 3. The molecule has 0 aliphatic carbocycles. The van der Waals surface area contributed by atoms with E-state index in [1.807, 2.05) is 30.3 Å². The molecule has 3 rings (SSSR count). The van der Waals surface area contributed by atoms with Crippen molar-refractivity contribution in [3.8, 4) is 17.4 Å². The molecule has 5 heteroatoms. The molecule has 3 aromatic rings. The van der Waals surface area contributed by atoms with Gasteiger partial charge in [0.1, 0.15) is 6.33 Å². The molecule has 2 aromatic carbocycles. The number of methoxy groups -OCH3 is 1. The van der Waals surface area contributed by atoms with Crippen LogP contribution in [0.4, 0.5) is 5.69 Å². The highest BCUT2D eigenvalue weighted by Crippen LogP contribution is 2.33. The maximum atomic E-state index is 5.84. The largest absolute Gasteiger partial charge is 0.493 e. The first-order valence-electron chi connectivity index (χ1n) is 6.09. The Morgan fingerprint density at radius 1 is 1.00 bits per heavy atom. The average Bonchev–Trinajstić information content (AvgIpc) is 2.47. The average molecular weight is 267 g/mol. The van der Waals surface area contributed by atoms with E-state index in [1.165, 1.54) is 6.33 Å². The van der Waals surface area contributed by atoms with Crippen molar-refractivity contribution in [2.45, 2.75) is 0 Å². The normalized spacial score (nSPS) is 10.4. The zero-order valence-corrected chi connectivity index (χ0v) is 10.9. The third kappa shape index (κ3) is 2.21. The van der Waals surface area contributed by atoms with Crippen LogP contribution in [-0.4, -0.2) is 17.1 Å². The van der Waals surface area contributed by atoms with Crippen molar-refractivity contribution in [2.75, 3.05) is 12.8 Å². The Kier molecular flexibility index (Phi) is 3.09. The van der Waals surface area contributed by atoms with E-state index >= 15 is 0 Å². The molecule has 5 nitrogen and oxygen atoms in total. The third-order valence-electron chi connectivity index (χ3n) is 2.90. The molecule has 0 atom stereocenters. The quantitative estimate of drug-likeness (QED) is 0.739. The molecule has 0 aliphatic rings. The highest BCUT2D eigenvalue weighted by atomic mass is 16.5. The van der Waals surface area contributed by atoms with Crippen LogP contribution in [0.5, 0.6) is 17.4 Å². The highest BCUT2D eigenvalue weighted by Gasteiger charge is 2.09. The lowest BCUT2D eigenvalue weighted by molar-refractivity contribution is 0.375. The molecule has 0 amide bonds. The van der Waals surface area contributed by atoms with Gasteiger partial charge in [-0.3, -0.25) is 0 Å². The number of nitrogen functional groups attached to an aromatic ring is 1. The van der Waals surface area contributed by atoms with Crippen molar-refractivity contribution in [3.05, 3.63) is 48.8 Å². The maximum Gasteiger partial charge on any atom is 0.230 e. The van der Waals surface area contributed by atoms with E-state index in [4.69, 9.17) is 15.2 Å². The first-order chi connectivity index (χ1) is 9.78. The molecule has 0 saturated heterocycles. The van der Waals surface area contributed by atoms with Crippen molar-refractivity contribution in [1.82, 2.24) is 9.97 Å². The molecule has 100 valence electrons. The molecule has 0 spiro atoms. The fourth-order valence-electron chi connectivity index (χ4n) is 1.94. The van der Waals surface area contributed by atoms with Gasteiger partial charge in [0, 0.05) is 5.69 Å². The number of para-hydroxylation sites is 2. The smallest absolute Gasteiger partial charge is 0.230 e. The highest BCUT2D eigenvalue weighted by molar-refractivity contribution is 5.86. The van der Waals surface area contributed by atoms with Crippen LogP contribution in [0.1, 0.15) is 0 Å². The first kappa shape index (κ1) is 12.2. The molecule has 0 unspecified atom stereocenters. The van der Waals surface area contributed by atoms with Gasteiger partial charge >= 0.3 is 0 Å². The van der Waals surface area contributed by atoms with Gasteiger partial charge in [-0.2, -0.15) is 0 Å². The lowest BCUT2D eigenvalue weighted by Crippen LogP contribution is -1.94. The van der Waals surface area contributed by atoms with Crippen LogP contribution >= 0.6 is 0 Å². The van der Waals surface area contributed by atoms with E-state index in [0.29, 0.717) is 23.1 Å². The fourth-order valence-corrected chi connectivity index (χ4v) is 1.94. The molecule has 1 aromatic heterocycles. The molecule has 20 heavy (non-hydrogen) atoms. The van der Waals surface area contributed by atoms with Crippen LogP contribution in [0.25, 0.3) is 10.9 Å². The second-order valence-electron chi connectivity index (χ2n) is 4.21. The zero-order valence-electron chi connectivity index (χ0n) is 10.9. The predicted octanol–water partition coefficient (Wildman–Crippen LogP) is 3.01. The summed E-state index contributed by atoms with van der Waals surface area (Å²) in [5.74, 6) is 1.72. The lowest BCUT2D eigenvalue weighted by Gasteiger charge is -2.10. The molecular weight excluding hydrogens is 254 g/mol. The number of hydrogen-bond acceptors (Lipinski definition) is 5. The zero-order chi connectivity index (χ0) is 13.9.